The molecule has 3 aliphatic rings. The van der Waals surface area contributed by atoms with Gasteiger partial charge in [-0.1, -0.05) is 17.7 Å². The van der Waals surface area contributed by atoms with E-state index < -0.39 is 11.4 Å². The summed E-state index contributed by atoms with van der Waals surface area (Å²) >= 11 is 0. The molecule has 1 aromatic rings. The molecule has 0 radical (unpaired) electrons. The molecule has 0 aliphatic carbocycles. The van der Waals surface area contributed by atoms with Gasteiger partial charge in [0.25, 0.3) is 0 Å². The minimum absolute atomic E-state index is 0.0409. The molecule has 1 aromatic carbocycles. The van der Waals surface area contributed by atoms with Crippen molar-refractivity contribution in [1.29, 1.82) is 0 Å². The van der Waals surface area contributed by atoms with Gasteiger partial charge in [-0.25, -0.2) is 0 Å². The average Bonchev–Trinajstić information content (AvgIpc) is 3.11. The predicted octanol–water partition coefficient (Wildman–Crippen LogP) is 2.71. The van der Waals surface area contributed by atoms with E-state index in [1.807, 2.05) is 12.1 Å². The van der Waals surface area contributed by atoms with Gasteiger partial charge >= 0.3 is 5.97 Å². The number of ether oxygens (including phenoxy) is 2. The van der Waals surface area contributed by atoms with Gasteiger partial charge in [0, 0.05) is 12.8 Å². The van der Waals surface area contributed by atoms with Gasteiger partial charge in [-0.3, -0.25) is 4.79 Å². The summed E-state index contributed by atoms with van der Waals surface area (Å²) in [7, 11) is 0. The van der Waals surface area contributed by atoms with Crippen LogP contribution in [0.25, 0.3) is 0 Å². The second-order valence-corrected chi connectivity index (χ2v) is 6.75. The van der Waals surface area contributed by atoms with Crippen molar-refractivity contribution in [2.24, 2.45) is 5.41 Å². The van der Waals surface area contributed by atoms with Crippen LogP contribution in [0.1, 0.15) is 36.8 Å². The smallest absolute Gasteiger partial charge is 0.312 e. The summed E-state index contributed by atoms with van der Waals surface area (Å²) in [5.74, 6) is 0.195. The number of aryl methyl sites for hydroxylation is 1. The van der Waals surface area contributed by atoms with Crippen molar-refractivity contribution in [1.82, 2.24) is 0 Å². The first kappa shape index (κ1) is 13.1. The van der Waals surface area contributed by atoms with Crippen LogP contribution < -0.4 is 4.74 Å². The fourth-order valence-corrected chi connectivity index (χ4v) is 4.30. The topological polar surface area (TPSA) is 55.8 Å². The van der Waals surface area contributed by atoms with Crippen molar-refractivity contribution in [3.05, 3.63) is 29.3 Å². The Morgan fingerprint density at radius 1 is 1.43 bits per heavy atom. The Labute approximate surface area is 124 Å². The number of carboxylic acids is 1. The molecule has 21 heavy (non-hydrogen) atoms. The summed E-state index contributed by atoms with van der Waals surface area (Å²) in [6, 6.07) is 6.17. The Morgan fingerprint density at radius 2 is 2.29 bits per heavy atom. The Balaban J connectivity index is 1.55. The molecule has 4 atom stereocenters. The van der Waals surface area contributed by atoms with E-state index in [1.54, 1.807) is 0 Å². The minimum Gasteiger partial charge on any atom is -0.490 e. The van der Waals surface area contributed by atoms with Crippen LogP contribution in [0.4, 0.5) is 0 Å². The number of carbonyl (C=O) groups is 1. The Morgan fingerprint density at radius 3 is 2.95 bits per heavy atom. The first-order valence-electron chi connectivity index (χ1n) is 7.72. The molecule has 0 saturated carbocycles. The third-order valence-corrected chi connectivity index (χ3v) is 5.29. The summed E-state index contributed by atoms with van der Waals surface area (Å²) in [6.45, 7) is 2.07. The zero-order valence-corrected chi connectivity index (χ0v) is 12.2. The molecule has 4 heteroatoms. The van der Waals surface area contributed by atoms with Gasteiger partial charge in [0.15, 0.2) is 0 Å². The molecule has 3 aliphatic heterocycles. The maximum atomic E-state index is 11.9. The van der Waals surface area contributed by atoms with E-state index in [-0.39, 0.29) is 18.3 Å². The number of rotatable bonds is 3. The molecular weight excluding hydrogens is 268 g/mol. The van der Waals surface area contributed by atoms with Crippen molar-refractivity contribution >= 4 is 5.97 Å². The number of fused-ring (bicyclic) bond motifs is 3. The van der Waals surface area contributed by atoms with Gasteiger partial charge in [-0.15, -0.1) is 0 Å². The van der Waals surface area contributed by atoms with Crippen LogP contribution >= 0.6 is 0 Å². The molecule has 4 rings (SSSR count). The lowest BCUT2D eigenvalue weighted by molar-refractivity contribution is -0.154. The third-order valence-electron chi connectivity index (χ3n) is 5.29. The van der Waals surface area contributed by atoms with Gasteiger partial charge in [0.2, 0.25) is 0 Å². The van der Waals surface area contributed by atoms with Crippen LogP contribution in [-0.4, -0.2) is 29.4 Å². The Kier molecular flexibility index (Phi) is 2.80. The molecule has 3 heterocycles. The molecule has 0 amide bonds. The molecule has 2 bridgehead atoms. The molecule has 4 nitrogen and oxygen atoms in total. The zero-order chi connectivity index (χ0) is 14.6. The number of benzene rings is 1. The predicted molar refractivity (Wildman–Crippen MR) is 76.5 cm³/mol. The van der Waals surface area contributed by atoms with Gasteiger partial charge in [-0.05, 0) is 37.8 Å². The highest BCUT2D eigenvalue weighted by Crippen LogP contribution is 2.51. The minimum atomic E-state index is -0.745. The first-order chi connectivity index (χ1) is 10.1. The molecular formula is C17H20O4. The fraction of sp³-hybridized carbons (Fsp3) is 0.588. The van der Waals surface area contributed by atoms with Crippen LogP contribution in [0, 0.1) is 12.3 Å². The van der Waals surface area contributed by atoms with Crippen LogP contribution in [-0.2, 0) is 16.0 Å². The third kappa shape index (κ3) is 1.96. The monoisotopic (exact) mass is 288 g/mol. The van der Waals surface area contributed by atoms with Gasteiger partial charge < -0.3 is 14.6 Å². The lowest BCUT2D eigenvalue weighted by Gasteiger charge is -2.32. The highest BCUT2D eigenvalue weighted by Gasteiger charge is 2.58. The van der Waals surface area contributed by atoms with Crippen molar-refractivity contribution in [2.45, 2.75) is 57.3 Å². The molecule has 2 saturated heterocycles. The van der Waals surface area contributed by atoms with Crippen molar-refractivity contribution in [3.8, 4) is 5.75 Å². The summed E-state index contributed by atoms with van der Waals surface area (Å²) in [5, 5.41) is 9.77. The fourth-order valence-electron chi connectivity index (χ4n) is 4.30. The van der Waals surface area contributed by atoms with E-state index in [0.717, 1.165) is 25.0 Å². The van der Waals surface area contributed by atoms with Crippen LogP contribution in [0.3, 0.4) is 0 Å². The SMILES string of the molecule is Cc1ccc2c(c1)CC(CC1(C(=O)O)CC3CCC1O3)O2. The molecule has 0 aromatic heterocycles. The summed E-state index contributed by atoms with van der Waals surface area (Å²) < 4.78 is 11.8. The number of hydrogen-bond donors (Lipinski definition) is 1. The summed E-state index contributed by atoms with van der Waals surface area (Å²) in [4.78, 5) is 11.9. The summed E-state index contributed by atoms with van der Waals surface area (Å²) in [6.07, 6.45) is 3.84. The van der Waals surface area contributed by atoms with Gasteiger partial charge in [0.05, 0.1) is 17.6 Å². The standard InChI is InChI=1S/C17H20O4/c1-10-2-4-14-11(6-10)7-13(20-14)9-17(16(18)19)8-12-3-5-15(17)21-12/h2,4,6,12-13,15H,3,5,7-9H2,1H3,(H,18,19). The van der Waals surface area contributed by atoms with Crippen molar-refractivity contribution < 1.29 is 19.4 Å². The highest BCUT2D eigenvalue weighted by molar-refractivity contribution is 5.76. The second kappa shape index (κ2) is 4.47. The van der Waals surface area contributed by atoms with Crippen molar-refractivity contribution in [3.63, 3.8) is 0 Å². The normalized spacial score (nSPS) is 36.5. The second-order valence-electron chi connectivity index (χ2n) is 6.75. The molecule has 112 valence electrons. The average molecular weight is 288 g/mol. The van der Waals surface area contributed by atoms with E-state index in [0.29, 0.717) is 12.8 Å². The van der Waals surface area contributed by atoms with Crippen LogP contribution in [0.15, 0.2) is 18.2 Å². The first-order valence-corrected chi connectivity index (χ1v) is 7.72. The highest BCUT2D eigenvalue weighted by atomic mass is 16.5. The number of hydrogen-bond acceptors (Lipinski definition) is 3. The van der Waals surface area contributed by atoms with E-state index in [9.17, 15) is 9.90 Å². The van der Waals surface area contributed by atoms with Gasteiger partial charge in [-0.2, -0.15) is 0 Å². The van der Waals surface area contributed by atoms with Crippen LogP contribution in [0.5, 0.6) is 5.75 Å². The van der Waals surface area contributed by atoms with E-state index in [2.05, 4.69) is 13.0 Å². The Hall–Kier alpha value is -1.55. The summed E-state index contributed by atoms with van der Waals surface area (Å²) in [5.41, 5.74) is 1.67. The molecule has 0 spiro atoms. The van der Waals surface area contributed by atoms with E-state index in [4.69, 9.17) is 9.47 Å². The number of carboxylic acid groups (broad SMARTS) is 1. The molecule has 2 fully saturated rings. The lowest BCUT2D eigenvalue weighted by Crippen LogP contribution is -2.43. The number of aliphatic carboxylic acids is 1. The molecule has 1 N–H and O–H groups in total. The zero-order valence-electron chi connectivity index (χ0n) is 12.2. The van der Waals surface area contributed by atoms with Crippen molar-refractivity contribution in [2.75, 3.05) is 0 Å². The maximum Gasteiger partial charge on any atom is 0.312 e. The van der Waals surface area contributed by atoms with E-state index in [1.165, 1.54) is 11.1 Å². The van der Waals surface area contributed by atoms with Gasteiger partial charge in [0.1, 0.15) is 11.9 Å². The van der Waals surface area contributed by atoms with Crippen LogP contribution in [0.2, 0.25) is 0 Å². The Bertz CT molecular complexity index is 596. The lowest BCUT2D eigenvalue weighted by atomic mass is 9.70. The van der Waals surface area contributed by atoms with E-state index >= 15 is 0 Å². The quantitative estimate of drug-likeness (QED) is 0.929. The maximum absolute atomic E-state index is 11.9. The largest absolute Gasteiger partial charge is 0.490 e. The molecule has 4 unspecified atom stereocenters.